The number of hydrogen-bond donors (Lipinski definition) is 1. The molecule has 114 valence electrons. The zero-order valence-corrected chi connectivity index (χ0v) is 12.8. The van der Waals surface area contributed by atoms with Crippen molar-refractivity contribution in [2.45, 2.75) is 51.2 Å². The summed E-state index contributed by atoms with van der Waals surface area (Å²) in [7, 11) is 0. The van der Waals surface area contributed by atoms with E-state index in [2.05, 4.69) is 28.9 Å². The van der Waals surface area contributed by atoms with Gasteiger partial charge >= 0.3 is 0 Å². The molecule has 4 nitrogen and oxygen atoms in total. The molecule has 1 aromatic rings. The van der Waals surface area contributed by atoms with E-state index in [1.54, 1.807) is 0 Å². The van der Waals surface area contributed by atoms with Crippen molar-refractivity contribution in [1.82, 2.24) is 9.80 Å². The highest BCUT2D eigenvalue weighted by atomic mass is 16.2. The van der Waals surface area contributed by atoms with E-state index in [0.29, 0.717) is 24.5 Å². The van der Waals surface area contributed by atoms with E-state index >= 15 is 0 Å². The number of likely N-dealkylation sites (N-methyl/N-ethyl adjacent to an activating group) is 1. The zero-order chi connectivity index (χ0) is 14.8. The van der Waals surface area contributed by atoms with Crippen LogP contribution in [0.25, 0.3) is 0 Å². The standard InChI is InChI=1S/C17H25N3O/c1-2-20(16-9-10-16)17(21)12-19(15-7-8-15)11-13-3-5-14(18)6-4-13/h3-6,15-16H,2,7-12,18H2,1H3. The minimum absolute atomic E-state index is 0.294. The Balaban J connectivity index is 1.61. The average molecular weight is 287 g/mol. The summed E-state index contributed by atoms with van der Waals surface area (Å²) >= 11 is 0. The van der Waals surface area contributed by atoms with E-state index in [1.165, 1.54) is 31.2 Å². The Morgan fingerprint density at radius 1 is 1.14 bits per heavy atom. The van der Waals surface area contributed by atoms with E-state index in [1.807, 2.05) is 12.1 Å². The molecule has 0 aliphatic heterocycles. The van der Waals surface area contributed by atoms with Crippen LogP contribution in [0.1, 0.15) is 38.2 Å². The third-order valence-corrected chi connectivity index (χ3v) is 4.42. The number of nitrogen functional groups attached to an aromatic ring is 1. The third kappa shape index (κ3) is 3.76. The maximum absolute atomic E-state index is 12.5. The number of nitrogens with zero attached hydrogens (tertiary/aromatic N) is 2. The Kier molecular flexibility index (Phi) is 4.15. The summed E-state index contributed by atoms with van der Waals surface area (Å²) in [5, 5.41) is 0. The van der Waals surface area contributed by atoms with Crippen molar-refractivity contribution in [2.75, 3.05) is 18.8 Å². The molecule has 21 heavy (non-hydrogen) atoms. The van der Waals surface area contributed by atoms with Gasteiger partial charge in [-0.25, -0.2) is 0 Å². The van der Waals surface area contributed by atoms with E-state index in [-0.39, 0.29) is 0 Å². The number of rotatable bonds is 7. The van der Waals surface area contributed by atoms with Gasteiger partial charge in [0.2, 0.25) is 5.91 Å². The molecule has 2 saturated carbocycles. The van der Waals surface area contributed by atoms with Gasteiger partial charge in [-0.15, -0.1) is 0 Å². The van der Waals surface area contributed by atoms with E-state index in [9.17, 15) is 4.79 Å². The van der Waals surface area contributed by atoms with Gasteiger partial charge in [0.05, 0.1) is 6.54 Å². The Labute approximate surface area is 126 Å². The Morgan fingerprint density at radius 2 is 1.76 bits per heavy atom. The van der Waals surface area contributed by atoms with Gasteiger partial charge < -0.3 is 10.6 Å². The van der Waals surface area contributed by atoms with Crippen LogP contribution in [0.5, 0.6) is 0 Å². The minimum Gasteiger partial charge on any atom is -0.399 e. The lowest BCUT2D eigenvalue weighted by Gasteiger charge is -2.26. The second-order valence-corrected chi connectivity index (χ2v) is 6.29. The Hall–Kier alpha value is -1.55. The summed E-state index contributed by atoms with van der Waals surface area (Å²) in [6, 6.07) is 9.10. The van der Waals surface area contributed by atoms with Crippen molar-refractivity contribution in [3.05, 3.63) is 29.8 Å². The van der Waals surface area contributed by atoms with Crippen molar-refractivity contribution < 1.29 is 4.79 Å². The van der Waals surface area contributed by atoms with Gasteiger partial charge in [0.25, 0.3) is 0 Å². The molecule has 2 fully saturated rings. The average Bonchev–Trinajstić information content (AvgIpc) is 3.34. The maximum atomic E-state index is 12.5. The fourth-order valence-electron chi connectivity index (χ4n) is 2.90. The third-order valence-electron chi connectivity index (χ3n) is 4.42. The number of benzene rings is 1. The summed E-state index contributed by atoms with van der Waals surface area (Å²) in [4.78, 5) is 16.9. The van der Waals surface area contributed by atoms with Crippen LogP contribution in [0.3, 0.4) is 0 Å². The lowest BCUT2D eigenvalue weighted by atomic mass is 10.2. The lowest BCUT2D eigenvalue weighted by Crippen LogP contribution is -2.42. The maximum Gasteiger partial charge on any atom is 0.237 e. The van der Waals surface area contributed by atoms with E-state index in [4.69, 9.17) is 5.73 Å². The smallest absolute Gasteiger partial charge is 0.237 e. The molecular weight excluding hydrogens is 262 g/mol. The molecule has 1 aromatic carbocycles. The lowest BCUT2D eigenvalue weighted by molar-refractivity contribution is -0.133. The summed E-state index contributed by atoms with van der Waals surface area (Å²) < 4.78 is 0. The summed E-state index contributed by atoms with van der Waals surface area (Å²) in [6.45, 7) is 4.32. The van der Waals surface area contributed by atoms with Crippen LogP contribution >= 0.6 is 0 Å². The van der Waals surface area contributed by atoms with Crippen molar-refractivity contribution in [2.24, 2.45) is 0 Å². The molecule has 0 atom stereocenters. The predicted molar refractivity (Wildman–Crippen MR) is 84.7 cm³/mol. The Morgan fingerprint density at radius 3 is 2.29 bits per heavy atom. The van der Waals surface area contributed by atoms with Crippen molar-refractivity contribution >= 4 is 11.6 Å². The summed E-state index contributed by atoms with van der Waals surface area (Å²) in [6.07, 6.45) is 4.80. The van der Waals surface area contributed by atoms with E-state index < -0.39 is 0 Å². The van der Waals surface area contributed by atoms with Crippen molar-refractivity contribution in [3.63, 3.8) is 0 Å². The van der Waals surface area contributed by atoms with Crippen LogP contribution in [0.4, 0.5) is 5.69 Å². The molecule has 3 rings (SSSR count). The molecule has 2 N–H and O–H groups in total. The summed E-state index contributed by atoms with van der Waals surface area (Å²) in [5.41, 5.74) is 7.76. The molecule has 0 radical (unpaired) electrons. The fraction of sp³-hybridized carbons (Fsp3) is 0.588. The predicted octanol–water partition coefficient (Wildman–Crippen LogP) is 2.24. The number of amides is 1. The van der Waals surface area contributed by atoms with Crippen LogP contribution in [0.2, 0.25) is 0 Å². The van der Waals surface area contributed by atoms with Gasteiger partial charge in [0.1, 0.15) is 0 Å². The number of carbonyl (C=O) groups is 1. The molecule has 1 amide bonds. The highest BCUT2D eigenvalue weighted by Gasteiger charge is 2.35. The molecule has 0 spiro atoms. The second kappa shape index (κ2) is 6.06. The normalized spacial score (nSPS) is 18.0. The Bertz CT molecular complexity index is 491. The number of hydrogen-bond acceptors (Lipinski definition) is 3. The largest absolute Gasteiger partial charge is 0.399 e. The molecular formula is C17H25N3O. The molecule has 2 aliphatic carbocycles. The molecule has 0 unspecified atom stereocenters. The van der Waals surface area contributed by atoms with Gasteiger partial charge in [-0.05, 0) is 50.3 Å². The van der Waals surface area contributed by atoms with Gasteiger partial charge in [-0.2, -0.15) is 0 Å². The fourth-order valence-corrected chi connectivity index (χ4v) is 2.90. The highest BCUT2D eigenvalue weighted by Crippen LogP contribution is 2.30. The first-order chi connectivity index (χ1) is 10.2. The molecule has 0 saturated heterocycles. The SMILES string of the molecule is CCN(C(=O)CN(Cc1ccc(N)cc1)C1CC1)C1CC1. The number of anilines is 1. The second-order valence-electron chi connectivity index (χ2n) is 6.29. The number of carbonyl (C=O) groups excluding carboxylic acids is 1. The summed E-state index contributed by atoms with van der Waals surface area (Å²) in [5.74, 6) is 0.294. The highest BCUT2D eigenvalue weighted by molar-refractivity contribution is 5.79. The van der Waals surface area contributed by atoms with E-state index in [0.717, 1.165) is 18.8 Å². The topological polar surface area (TPSA) is 49.6 Å². The van der Waals surface area contributed by atoms with Crippen LogP contribution < -0.4 is 5.73 Å². The molecule has 0 bridgehead atoms. The van der Waals surface area contributed by atoms with Crippen LogP contribution in [0.15, 0.2) is 24.3 Å². The monoisotopic (exact) mass is 287 g/mol. The minimum atomic E-state index is 0.294. The molecule has 0 aromatic heterocycles. The quantitative estimate of drug-likeness (QED) is 0.783. The molecule has 0 heterocycles. The van der Waals surface area contributed by atoms with Crippen LogP contribution in [-0.2, 0) is 11.3 Å². The zero-order valence-electron chi connectivity index (χ0n) is 12.8. The first-order valence-electron chi connectivity index (χ1n) is 8.05. The van der Waals surface area contributed by atoms with Crippen LogP contribution in [0, 0.1) is 0 Å². The van der Waals surface area contributed by atoms with Gasteiger partial charge in [0, 0.05) is 30.9 Å². The van der Waals surface area contributed by atoms with Gasteiger partial charge in [-0.1, -0.05) is 12.1 Å². The first kappa shape index (κ1) is 14.4. The molecule has 2 aliphatic rings. The van der Waals surface area contributed by atoms with Crippen molar-refractivity contribution in [3.8, 4) is 0 Å². The van der Waals surface area contributed by atoms with Crippen LogP contribution in [-0.4, -0.2) is 40.9 Å². The van der Waals surface area contributed by atoms with Gasteiger partial charge in [0.15, 0.2) is 0 Å². The molecule has 4 heteroatoms. The van der Waals surface area contributed by atoms with Gasteiger partial charge in [-0.3, -0.25) is 9.69 Å². The number of nitrogens with two attached hydrogens (primary N) is 1. The first-order valence-corrected chi connectivity index (χ1v) is 8.05. The van der Waals surface area contributed by atoms with Crippen molar-refractivity contribution in [1.29, 1.82) is 0 Å².